The minimum absolute atomic E-state index is 0.143. The van der Waals surface area contributed by atoms with Crippen LogP contribution in [0.15, 0.2) is 6.20 Å². The fourth-order valence-electron chi connectivity index (χ4n) is 3.85. The van der Waals surface area contributed by atoms with Gasteiger partial charge in [-0.2, -0.15) is 0 Å². The van der Waals surface area contributed by atoms with Gasteiger partial charge in [0.05, 0.1) is 0 Å². The average Bonchev–Trinajstić information content (AvgIpc) is 2.97. The molecule has 1 saturated carbocycles. The van der Waals surface area contributed by atoms with Crippen LogP contribution in [0.3, 0.4) is 0 Å². The van der Waals surface area contributed by atoms with E-state index in [-0.39, 0.29) is 5.91 Å². The van der Waals surface area contributed by atoms with Crippen molar-refractivity contribution in [2.45, 2.75) is 77.3 Å². The summed E-state index contributed by atoms with van der Waals surface area (Å²) in [5.41, 5.74) is 0. The molecule has 1 N–H and O–H groups in total. The van der Waals surface area contributed by atoms with E-state index in [9.17, 15) is 4.79 Å². The molecule has 2 fully saturated rings. The Morgan fingerprint density at radius 2 is 2.04 bits per heavy atom. The zero-order chi connectivity index (χ0) is 16.1. The van der Waals surface area contributed by atoms with Gasteiger partial charge in [-0.25, -0.2) is 4.98 Å². The number of piperidine rings is 1. The second-order valence-electron chi connectivity index (χ2n) is 7.20. The third-order valence-electron chi connectivity index (χ3n) is 5.30. The van der Waals surface area contributed by atoms with Crippen molar-refractivity contribution in [3.05, 3.63) is 11.1 Å². The van der Waals surface area contributed by atoms with Crippen LogP contribution in [0.5, 0.6) is 0 Å². The first-order valence-corrected chi connectivity index (χ1v) is 10.0. The summed E-state index contributed by atoms with van der Waals surface area (Å²) < 4.78 is 0. The van der Waals surface area contributed by atoms with Gasteiger partial charge in [0.25, 0.3) is 0 Å². The number of rotatable bonds is 5. The van der Waals surface area contributed by atoms with Gasteiger partial charge in [0, 0.05) is 30.1 Å². The summed E-state index contributed by atoms with van der Waals surface area (Å²) in [6.45, 7) is 4.47. The van der Waals surface area contributed by atoms with Gasteiger partial charge < -0.3 is 5.32 Å². The molecule has 1 aliphatic carbocycles. The number of hydrogen-bond acceptors (Lipinski definition) is 4. The maximum absolute atomic E-state index is 12.2. The molecule has 1 unspecified atom stereocenters. The van der Waals surface area contributed by atoms with E-state index < -0.39 is 0 Å². The standard InChI is InChI=1S/C18H29N3OS/c1-14-7-5-6-10-21(14)13-16-12-19-18(23-16)20-17(22)11-15-8-3-2-4-9-15/h12,14-15H,2-11,13H2,1H3,(H,19,20,22). The first-order valence-electron chi connectivity index (χ1n) is 9.19. The molecule has 1 saturated heterocycles. The summed E-state index contributed by atoms with van der Waals surface area (Å²) in [4.78, 5) is 20.4. The predicted molar refractivity (Wildman–Crippen MR) is 95.7 cm³/mol. The number of carbonyl (C=O) groups is 1. The fourth-order valence-corrected chi connectivity index (χ4v) is 4.71. The van der Waals surface area contributed by atoms with Crippen molar-refractivity contribution in [1.82, 2.24) is 9.88 Å². The largest absolute Gasteiger partial charge is 0.302 e. The maximum Gasteiger partial charge on any atom is 0.226 e. The van der Waals surface area contributed by atoms with Gasteiger partial charge in [0.1, 0.15) is 0 Å². The Hall–Kier alpha value is -0.940. The van der Waals surface area contributed by atoms with E-state index in [0.29, 0.717) is 18.4 Å². The number of likely N-dealkylation sites (tertiary alicyclic amines) is 1. The Labute approximate surface area is 143 Å². The third kappa shape index (κ3) is 5.01. The third-order valence-corrected chi connectivity index (χ3v) is 6.20. The van der Waals surface area contributed by atoms with Crippen LogP contribution in [-0.2, 0) is 11.3 Å². The minimum atomic E-state index is 0.143. The van der Waals surface area contributed by atoms with Crippen molar-refractivity contribution in [2.24, 2.45) is 5.92 Å². The number of nitrogens with zero attached hydrogens (tertiary/aromatic N) is 2. The molecule has 4 nitrogen and oxygen atoms in total. The fraction of sp³-hybridized carbons (Fsp3) is 0.778. The smallest absolute Gasteiger partial charge is 0.226 e. The molecule has 3 rings (SSSR count). The van der Waals surface area contributed by atoms with Crippen LogP contribution in [-0.4, -0.2) is 28.4 Å². The van der Waals surface area contributed by atoms with Crippen molar-refractivity contribution in [3.63, 3.8) is 0 Å². The van der Waals surface area contributed by atoms with Gasteiger partial charge in [-0.3, -0.25) is 9.69 Å². The molecule has 0 aromatic carbocycles. The summed E-state index contributed by atoms with van der Waals surface area (Å²) >= 11 is 1.63. The Balaban J connectivity index is 1.47. The molecule has 0 radical (unpaired) electrons. The molecule has 23 heavy (non-hydrogen) atoms. The molecule has 0 bridgehead atoms. The summed E-state index contributed by atoms with van der Waals surface area (Å²) in [6, 6.07) is 0.662. The van der Waals surface area contributed by atoms with E-state index >= 15 is 0 Å². The number of hydrogen-bond donors (Lipinski definition) is 1. The van der Waals surface area contributed by atoms with E-state index in [4.69, 9.17) is 0 Å². The lowest BCUT2D eigenvalue weighted by molar-refractivity contribution is -0.117. The zero-order valence-corrected chi connectivity index (χ0v) is 15.0. The number of thiazole rings is 1. The number of amides is 1. The lowest BCUT2D eigenvalue weighted by Gasteiger charge is -2.32. The van der Waals surface area contributed by atoms with Gasteiger partial charge in [0.2, 0.25) is 5.91 Å². The van der Waals surface area contributed by atoms with Crippen LogP contribution in [0.1, 0.15) is 69.6 Å². The number of nitrogens with one attached hydrogen (secondary N) is 1. The van der Waals surface area contributed by atoms with Crippen molar-refractivity contribution < 1.29 is 4.79 Å². The van der Waals surface area contributed by atoms with Crippen LogP contribution in [0.2, 0.25) is 0 Å². The summed E-state index contributed by atoms with van der Waals surface area (Å²) in [7, 11) is 0. The Kier molecular flexibility index (Phi) is 6.06. The Bertz CT molecular complexity index is 510. The first-order chi connectivity index (χ1) is 11.2. The topological polar surface area (TPSA) is 45.2 Å². The first kappa shape index (κ1) is 16.9. The Morgan fingerprint density at radius 3 is 2.83 bits per heavy atom. The highest BCUT2D eigenvalue weighted by Gasteiger charge is 2.20. The number of aromatic nitrogens is 1. The average molecular weight is 336 g/mol. The van der Waals surface area contributed by atoms with Gasteiger partial charge in [-0.15, -0.1) is 11.3 Å². The molecule has 1 amide bonds. The second kappa shape index (κ2) is 8.25. The molecular formula is C18H29N3OS. The molecule has 128 valence electrons. The molecule has 1 aromatic heterocycles. The summed E-state index contributed by atoms with van der Waals surface area (Å²) in [5.74, 6) is 0.724. The van der Waals surface area contributed by atoms with E-state index in [1.54, 1.807) is 11.3 Å². The van der Waals surface area contributed by atoms with Crippen molar-refractivity contribution in [1.29, 1.82) is 0 Å². The summed E-state index contributed by atoms with van der Waals surface area (Å²) in [6.07, 6.45) is 12.9. The normalized spacial score (nSPS) is 23.8. The van der Waals surface area contributed by atoms with Crippen LogP contribution >= 0.6 is 11.3 Å². The van der Waals surface area contributed by atoms with E-state index in [0.717, 1.165) is 11.7 Å². The number of carbonyl (C=O) groups excluding carboxylic acids is 1. The molecule has 0 spiro atoms. The zero-order valence-electron chi connectivity index (χ0n) is 14.2. The SMILES string of the molecule is CC1CCCCN1Cc1cnc(NC(=O)CC2CCCCC2)s1. The quantitative estimate of drug-likeness (QED) is 0.866. The van der Waals surface area contributed by atoms with E-state index in [1.807, 2.05) is 6.20 Å². The van der Waals surface area contributed by atoms with Crippen molar-refractivity contribution >= 4 is 22.4 Å². The van der Waals surface area contributed by atoms with E-state index in [2.05, 4.69) is 22.1 Å². The number of anilines is 1. The molecule has 2 heterocycles. The van der Waals surface area contributed by atoms with Crippen LogP contribution in [0.25, 0.3) is 0 Å². The summed E-state index contributed by atoms with van der Waals surface area (Å²) in [5, 5.41) is 3.78. The Morgan fingerprint density at radius 1 is 1.26 bits per heavy atom. The van der Waals surface area contributed by atoms with Crippen LogP contribution < -0.4 is 5.32 Å². The molecule has 1 atom stereocenters. The highest BCUT2D eigenvalue weighted by atomic mass is 32.1. The lowest BCUT2D eigenvalue weighted by atomic mass is 9.87. The van der Waals surface area contributed by atoms with Crippen molar-refractivity contribution in [3.8, 4) is 0 Å². The van der Waals surface area contributed by atoms with Crippen LogP contribution in [0, 0.1) is 5.92 Å². The monoisotopic (exact) mass is 335 g/mol. The second-order valence-corrected chi connectivity index (χ2v) is 8.32. The van der Waals surface area contributed by atoms with Gasteiger partial charge >= 0.3 is 0 Å². The molecule has 1 aromatic rings. The lowest BCUT2D eigenvalue weighted by Crippen LogP contribution is -2.36. The highest BCUT2D eigenvalue weighted by Crippen LogP contribution is 2.28. The predicted octanol–water partition coefficient (Wildman–Crippen LogP) is 4.43. The maximum atomic E-state index is 12.2. The minimum Gasteiger partial charge on any atom is -0.302 e. The highest BCUT2D eigenvalue weighted by molar-refractivity contribution is 7.15. The van der Waals surface area contributed by atoms with Crippen LogP contribution in [0.4, 0.5) is 5.13 Å². The molecular weight excluding hydrogens is 306 g/mol. The molecule has 2 aliphatic rings. The molecule has 1 aliphatic heterocycles. The van der Waals surface area contributed by atoms with E-state index in [1.165, 1.54) is 62.8 Å². The van der Waals surface area contributed by atoms with Gasteiger partial charge in [0.15, 0.2) is 5.13 Å². The molecule has 5 heteroatoms. The van der Waals surface area contributed by atoms with Crippen molar-refractivity contribution in [2.75, 3.05) is 11.9 Å². The van der Waals surface area contributed by atoms with Gasteiger partial charge in [-0.05, 0) is 45.1 Å². The van der Waals surface area contributed by atoms with Gasteiger partial charge in [-0.1, -0.05) is 25.7 Å².